The molecule has 0 radical (unpaired) electrons. The summed E-state index contributed by atoms with van der Waals surface area (Å²) in [6.07, 6.45) is 1.68. The van der Waals surface area contributed by atoms with Gasteiger partial charge in [0, 0.05) is 21.8 Å². The van der Waals surface area contributed by atoms with E-state index in [0.29, 0.717) is 11.3 Å². The number of carbonyl (C=O) groups is 2. The van der Waals surface area contributed by atoms with Crippen molar-refractivity contribution in [3.63, 3.8) is 0 Å². The van der Waals surface area contributed by atoms with Crippen LogP contribution in [0.25, 0.3) is 0 Å². The van der Waals surface area contributed by atoms with Gasteiger partial charge in [0.15, 0.2) is 0 Å². The number of anilines is 1. The molecule has 0 spiro atoms. The van der Waals surface area contributed by atoms with Gasteiger partial charge >= 0.3 is 0 Å². The highest BCUT2D eigenvalue weighted by Crippen LogP contribution is 2.23. The van der Waals surface area contributed by atoms with E-state index >= 15 is 0 Å². The smallest absolute Gasteiger partial charge is 0.251 e. The van der Waals surface area contributed by atoms with Gasteiger partial charge in [0.2, 0.25) is 15.9 Å². The minimum Gasteiger partial charge on any atom is -0.343 e. The molecule has 1 aliphatic carbocycles. The highest BCUT2D eigenvalue weighted by atomic mass is 79.9. The summed E-state index contributed by atoms with van der Waals surface area (Å²) in [5.41, 5.74) is 0.770. The highest BCUT2D eigenvalue weighted by molar-refractivity contribution is 9.10. The monoisotopic (exact) mass is 451 g/mol. The van der Waals surface area contributed by atoms with Gasteiger partial charge in [-0.2, -0.15) is 0 Å². The van der Waals surface area contributed by atoms with Gasteiger partial charge in [0.25, 0.3) is 5.91 Å². The van der Waals surface area contributed by atoms with E-state index in [1.807, 2.05) is 0 Å². The lowest BCUT2D eigenvalue weighted by molar-refractivity contribution is -0.115. The first-order chi connectivity index (χ1) is 12.8. The van der Waals surface area contributed by atoms with Gasteiger partial charge in [-0.3, -0.25) is 9.59 Å². The van der Waals surface area contributed by atoms with E-state index in [-0.39, 0.29) is 23.4 Å². The van der Waals surface area contributed by atoms with E-state index in [9.17, 15) is 18.0 Å². The summed E-state index contributed by atoms with van der Waals surface area (Å²) in [5.74, 6) is -0.834. The zero-order valence-corrected chi connectivity index (χ0v) is 16.6. The molecule has 0 unspecified atom stereocenters. The number of amides is 2. The lowest BCUT2D eigenvalue weighted by atomic mass is 10.2. The summed E-state index contributed by atoms with van der Waals surface area (Å²) in [6, 6.07) is 12.8. The Morgan fingerprint density at radius 2 is 1.81 bits per heavy atom. The third-order valence-electron chi connectivity index (χ3n) is 3.82. The number of hydrogen-bond donors (Lipinski definition) is 3. The summed E-state index contributed by atoms with van der Waals surface area (Å²) in [7, 11) is -3.60. The first-order valence-electron chi connectivity index (χ1n) is 8.29. The molecule has 9 heteroatoms. The van der Waals surface area contributed by atoms with Gasteiger partial charge in [-0.25, -0.2) is 13.1 Å². The molecule has 2 amide bonds. The van der Waals surface area contributed by atoms with Crippen LogP contribution in [0.2, 0.25) is 0 Å². The van der Waals surface area contributed by atoms with Crippen molar-refractivity contribution in [2.75, 3.05) is 11.9 Å². The first-order valence-corrected chi connectivity index (χ1v) is 10.6. The average Bonchev–Trinajstić information content (AvgIpc) is 3.43. The second-order valence-corrected chi connectivity index (χ2v) is 8.79. The van der Waals surface area contributed by atoms with Crippen molar-refractivity contribution in [2.24, 2.45) is 0 Å². The molecular weight excluding hydrogens is 434 g/mol. The molecule has 0 bridgehead atoms. The number of hydrogen-bond acceptors (Lipinski definition) is 4. The van der Waals surface area contributed by atoms with Crippen LogP contribution in [0.1, 0.15) is 23.2 Å². The maximum absolute atomic E-state index is 12.2. The molecule has 3 rings (SSSR count). The Bertz CT molecular complexity index is 974. The molecule has 0 aliphatic heterocycles. The Labute approximate surface area is 165 Å². The Morgan fingerprint density at radius 1 is 1.07 bits per heavy atom. The van der Waals surface area contributed by atoms with Gasteiger partial charge < -0.3 is 10.6 Å². The molecule has 3 N–H and O–H groups in total. The van der Waals surface area contributed by atoms with Crippen LogP contribution in [-0.2, 0) is 14.8 Å². The fraction of sp³-hybridized carbons (Fsp3) is 0.222. The second-order valence-electron chi connectivity index (χ2n) is 6.16. The van der Waals surface area contributed by atoms with E-state index < -0.39 is 15.9 Å². The fourth-order valence-corrected chi connectivity index (χ4v) is 4.08. The summed E-state index contributed by atoms with van der Waals surface area (Å²) >= 11 is 3.28. The molecule has 1 aliphatic rings. The summed E-state index contributed by atoms with van der Waals surface area (Å²) in [6.45, 7) is -0.233. The Hall–Kier alpha value is -2.23. The van der Waals surface area contributed by atoms with Gasteiger partial charge in [0.1, 0.15) is 0 Å². The van der Waals surface area contributed by atoms with Crippen LogP contribution in [0.5, 0.6) is 0 Å². The van der Waals surface area contributed by atoms with Crippen molar-refractivity contribution in [3.05, 3.63) is 58.6 Å². The quantitative estimate of drug-likeness (QED) is 0.600. The molecular formula is C18H18BrN3O4S. The highest BCUT2D eigenvalue weighted by Gasteiger charge is 2.28. The normalized spacial score (nSPS) is 13.8. The van der Waals surface area contributed by atoms with Gasteiger partial charge in [0.05, 0.1) is 11.4 Å². The predicted molar refractivity (Wildman–Crippen MR) is 105 cm³/mol. The molecule has 0 saturated heterocycles. The van der Waals surface area contributed by atoms with E-state index in [0.717, 1.165) is 17.3 Å². The SMILES string of the molecule is O=C(CNC(=O)c1cccc(Br)c1)Nc1cccc(S(=O)(=O)NC2CC2)c1. The molecule has 1 fully saturated rings. The first kappa shape index (κ1) is 19.5. The Morgan fingerprint density at radius 3 is 2.52 bits per heavy atom. The largest absolute Gasteiger partial charge is 0.343 e. The standard InChI is InChI=1S/C18H18BrN3O4S/c19-13-4-1-3-12(9-13)18(24)20-11-17(23)21-15-5-2-6-16(10-15)27(25,26)22-14-7-8-14/h1-6,9-10,14,22H,7-8,11H2,(H,20,24)(H,21,23). The van der Waals surface area contributed by atoms with Crippen molar-refractivity contribution < 1.29 is 18.0 Å². The predicted octanol–water partition coefficient (Wildman–Crippen LogP) is 2.26. The molecule has 1 saturated carbocycles. The molecule has 142 valence electrons. The Balaban J connectivity index is 1.57. The number of carbonyl (C=O) groups excluding carboxylic acids is 2. The third-order valence-corrected chi connectivity index (χ3v) is 5.83. The number of sulfonamides is 1. The van der Waals surface area contributed by atoms with Crippen LogP contribution in [0.4, 0.5) is 5.69 Å². The van der Waals surface area contributed by atoms with Crippen LogP contribution < -0.4 is 15.4 Å². The summed E-state index contributed by atoms with van der Waals surface area (Å²) < 4.78 is 27.8. The number of halogens is 1. The van der Waals surface area contributed by atoms with E-state index in [1.165, 1.54) is 12.1 Å². The van der Waals surface area contributed by atoms with Crippen LogP contribution >= 0.6 is 15.9 Å². The van der Waals surface area contributed by atoms with Gasteiger partial charge in [-0.15, -0.1) is 0 Å². The van der Waals surface area contributed by atoms with Crippen LogP contribution in [0, 0.1) is 0 Å². The molecule has 27 heavy (non-hydrogen) atoms. The molecule has 2 aromatic rings. The van der Waals surface area contributed by atoms with E-state index in [4.69, 9.17) is 0 Å². The number of nitrogens with one attached hydrogen (secondary N) is 3. The zero-order chi connectivity index (χ0) is 19.4. The van der Waals surface area contributed by atoms with Crippen molar-refractivity contribution in [2.45, 2.75) is 23.8 Å². The van der Waals surface area contributed by atoms with Crippen LogP contribution in [0.3, 0.4) is 0 Å². The zero-order valence-electron chi connectivity index (χ0n) is 14.2. The van der Waals surface area contributed by atoms with Crippen LogP contribution in [0.15, 0.2) is 57.9 Å². The van der Waals surface area contributed by atoms with Crippen molar-refractivity contribution in [1.82, 2.24) is 10.0 Å². The van der Waals surface area contributed by atoms with Crippen molar-refractivity contribution >= 4 is 43.5 Å². The number of rotatable bonds is 7. The lowest BCUT2D eigenvalue weighted by Crippen LogP contribution is -2.33. The van der Waals surface area contributed by atoms with Gasteiger partial charge in [-0.05, 0) is 49.2 Å². The lowest BCUT2D eigenvalue weighted by Gasteiger charge is -2.10. The summed E-state index contributed by atoms with van der Waals surface area (Å²) in [5, 5.41) is 5.11. The molecule has 0 aromatic heterocycles. The number of benzene rings is 2. The molecule has 2 aromatic carbocycles. The second kappa shape index (κ2) is 8.20. The maximum atomic E-state index is 12.2. The van der Waals surface area contributed by atoms with E-state index in [2.05, 4.69) is 31.3 Å². The van der Waals surface area contributed by atoms with Crippen LogP contribution in [-0.4, -0.2) is 32.8 Å². The molecule has 7 nitrogen and oxygen atoms in total. The maximum Gasteiger partial charge on any atom is 0.251 e. The Kier molecular flexibility index (Phi) is 5.93. The minimum atomic E-state index is -3.60. The minimum absolute atomic E-state index is 0.00137. The third kappa shape index (κ3) is 5.62. The molecule has 0 heterocycles. The fourth-order valence-electron chi connectivity index (χ4n) is 2.33. The van der Waals surface area contributed by atoms with E-state index in [1.54, 1.807) is 36.4 Å². The van der Waals surface area contributed by atoms with Crippen molar-refractivity contribution in [1.29, 1.82) is 0 Å². The summed E-state index contributed by atoms with van der Waals surface area (Å²) in [4.78, 5) is 24.2. The molecule has 0 atom stereocenters. The topological polar surface area (TPSA) is 104 Å². The van der Waals surface area contributed by atoms with Gasteiger partial charge in [-0.1, -0.05) is 28.1 Å². The average molecular weight is 452 g/mol. The van der Waals surface area contributed by atoms with Crippen molar-refractivity contribution in [3.8, 4) is 0 Å².